The molecule has 0 saturated heterocycles. The van der Waals surface area contributed by atoms with Crippen LogP contribution in [0.15, 0.2) is 41.2 Å². The lowest BCUT2D eigenvalue weighted by Gasteiger charge is -2.12. The molecule has 7 nitrogen and oxygen atoms in total. The fraction of sp³-hybridized carbons (Fsp3) is 0.190. The number of anilines is 1. The van der Waals surface area contributed by atoms with Crippen LogP contribution in [0, 0.1) is 11.3 Å². The number of fused-ring (bicyclic) bond motifs is 1. The minimum Gasteiger partial charge on any atom is -0.493 e. The molecule has 1 heterocycles. The number of allylic oxidation sites excluding steroid dienone is 1. The van der Waals surface area contributed by atoms with E-state index in [2.05, 4.69) is 16.0 Å². The van der Waals surface area contributed by atoms with Crippen molar-refractivity contribution in [1.29, 1.82) is 5.26 Å². The zero-order valence-electron chi connectivity index (χ0n) is 16.1. The lowest BCUT2D eigenvalue weighted by molar-refractivity contribution is 0.355. The zero-order chi connectivity index (χ0) is 20.3. The van der Waals surface area contributed by atoms with Crippen LogP contribution in [-0.2, 0) is 0 Å². The van der Waals surface area contributed by atoms with Gasteiger partial charge in [0.2, 0.25) is 0 Å². The maximum absolute atomic E-state index is 12.5. The first-order valence-electron chi connectivity index (χ1n) is 8.52. The Kier molecular flexibility index (Phi) is 5.32. The Hall–Kier alpha value is -3.79. The van der Waals surface area contributed by atoms with E-state index in [1.165, 1.54) is 14.2 Å². The molecule has 0 radical (unpaired) electrons. The summed E-state index contributed by atoms with van der Waals surface area (Å²) in [6.45, 7) is 0. The Labute approximate surface area is 162 Å². The number of hydrogen-bond donors (Lipinski definition) is 1. The number of nitrogens with one attached hydrogen (secondary N) is 1. The van der Waals surface area contributed by atoms with Gasteiger partial charge in [0.25, 0.3) is 5.56 Å². The van der Waals surface area contributed by atoms with Gasteiger partial charge in [0, 0.05) is 25.8 Å². The van der Waals surface area contributed by atoms with Gasteiger partial charge >= 0.3 is 0 Å². The summed E-state index contributed by atoms with van der Waals surface area (Å²) in [7, 11) is 6.92. The van der Waals surface area contributed by atoms with E-state index in [1.54, 1.807) is 18.2 Å². The SMILES string of the molecule is COc1cc2nc(/C(C#N)=C/c3ccc(N(C)C)cc3)[nH]c(=O)c2cc1OC. The van der Waals surface area contributed by atoms with Crippen molar-refractivity contribution in [1.82, 2.24) is 9.97 Å². The van der Waals surface area contributed by atoms with Gasteiger partial charge in [-0.2, -0.15) is 5.26 Å². The van der Waals surface area contributed by atoms with E-state index in [1.807, 2.05) is 43.3 Å². The van der Waals surface area contributed by atoms with Crippen molar-refractivity contribution in [3.8, 4) is 17.6 Å². The number of aromatic amines is 1. The van der Waals surface area contributed by atoms with Gasteiger partial charge in [0.05, 0.1) is 30.7 Å². The molecule has 0 aliphatic rings. The van der Waals surface area contributed by atoms with Crippen LogP contribution in [0.25, 0.3) is 22.6 Å². The third-order valence-electron chi connectivity index (χ3n) is 4.31. The Morgan fingerprint density at radius 1 is 1.14 bits per heavy atom. The topological polar surface area (TPSA) is 91.2 Å². The van der Waals surface area contributed by atoms with Crippen molar-refractivity contribution in [2.75, 3.05) is 33.2 Å². The van der Waals surface area contributed by atoms with Crippen molar-refractivity contribution in [2.45, 2.75) is 0 Å². The standard InChI is InChI=1S/C21H20N4O3/c1-25(2)15-7-5-13(6-8-15)9-14(12-22)20-23-17-11-19(28-4)18(27-3)10-16(17)21(26)24-20/h5-11H,1-4H3,(H,23,24,26)/b14-9+. The number of nitrogens with zero attached hydrogens (tertiary/aromatic N) is 3. The van der Waals surface area contributed by atoms with Gasteiger partial charge in [0.15, 0.2) is 17.3 Å². The highest BCUT2D eigenvalue weighted by Gasteiger charge is 2.13. The third-order valence-corrected chi connectivity index (χ3v) is 4.31. The highest BCUT2D eigenvalue weighted by atomic mass is 16.5. The first-order valence-corrected chi connectivity index (χ1v) is 8.52. The molecule has 3 aromatic rings. The van der Waals surface area contributed by atoms with Crippen LogP contribution in [-0.4, -0.2) is 38.3 Å². The summed E-state index contributed by atoms with van der Waals surface area (Å²) in [5, 5.41) is 9.95. The van der Waals surface area contributed by atoms with Crippen molar-refractivity contribution >= 4 is 28.2 Å². The molecule has 0 saturated carbocycles. The molecule has 0 fully saturated rings. The van der Waals surface area contributed by atoms with E-state index in [-0.39, 0.29) is 17.0 Å². The van der Waals surface area contributed by atoms with Gasteiger partial charge in [-0.3, -0.25) is 4.79 Å². The summed E-state index contributed by atoms with van der Waals surface area (Å²) in [6, 6.07) is 13.0. The molecular formula is C21H20N4O3. The van der Waals surface area contributed by atoms with Crippen LogP contribution >= 0.6 is 0 Å². The maximum atomic E-state index is 12.5. The molecule has 0 amide bonds. The van der Waals surface area contributed by atoms with E-state index >= 15 is 0 Å². The second kappa shape index (κ2) is 7.84. The minimum absolute atomic E-state index is 0.198. The quantitative estimate of drug-likeness (QED) is 0.688. The van der Waals surface area contributed by atoms with Crippen LogP contribution in [0.3, 0.4) is 0 Å². The summed E-state index contributed by atoms with van der Waals surface area (Å²) in [6.07, 6.45) is 1.68. The Morgan fingerprint density at radius 3 is 2.36 bits per heavy atom. The average Bonchev–Trinajstić information content (AvgIpc) is 2.71. The molecule has 1 aromatic heterocycles. The van der Waals surface area contributed by atoms with Crippen molar-refractivity contribution in [2.24, 2.45) is 0 Å². The van der Waals surface area contributed by atoms with Crippen molar-refractivity contribution in [3.63, 3.8) is 0 Å². The van der Waals surface area contributed by atoms with Gasteiger partial charge in [-0.05, 0) is 29.8 Å². The largest absolute Gasteiger partial charge is 0.493 e. The van der Waals surface area contributed by atoms with Crippen LogP contribution in [0.4, 0.5) is 5.69 Å². The fourth-order valence-corrected chi connectivity index (χ4v) is 2.78. The van der Waals surface area contributed by atoms with E-state index in [4.69, 9.17) is 9.47 Å². The minimum atomic E-state index is -0.356. The lowest BCUT2D eigenvalue weighted by Crippen LogP contribution is -2.11. The summed E-state index contributed by atoms with van der Waals surface area (Å²) < 4.78 is 10.5. The zero-order valence-corrected chi connectivity index (χ0v) is 16.1. The predicted molar refractivity (Wildman–Crippen MR) is 110 cm³/mol. The van der Waals surface area contributed by atoms with Crippen LogP contribution < -0.4 is 19.9 Å². The second-order valence-corrected chi connectivity index (χ2v) is 6.29. The van der Waals surface area contributed by atoms with E-state index in [0.29, 0.717) is 22.4 Å². The van der Waals surface area contributed by atoms with Gasteiger partial charge in [-0.25, -0.2) is 4.98 Å². The number of benzene rings is 2. The monoisotopic (exact) mass is 376 g/mol. The Bertz CT molecular complexity index is 1140. The molecule has 0 spiro atoms. The van der Waals surface area contributed by atoms with E-state index in [9.17, 15) is 10.1 Å². The van der Waals surface area contributed by atoms with Crippen LogP contribution in [0.1, 0.15) is 11.4 Å². The number of rotatable bonds is 5. The fourth-order valence-electron chi connectivity index (χ4n) is 2.78. The first-order chi connectivity index (χ1) is 13.5. The van der Waals surface area contributed by atoms with Gasteiger partial charge in [0.1, 0.15) is 6.07 Å². The lowest BCUT2D eigenvalue weighted by atomic mass is 10.1. The highest BCUT2D eigenvalue weighted by molar-refractivity contribution is 5.90. The van der Waals surface area contributed by atoms with Crippen molar-refractivity contribution in [3.05, 3.63) is 58.1 Å². The molecule has 7 heteroatoms. The molecular weight excluding hydrogens is 356 g/mol. The molecule has 1 N–H and O–H groups in total. The summed E-state index contributed by atoms with van der Waals surface area (Å²) in [4.78, 5) is 21.6. The molecule has 0 atom stereocenters. The van der Waals surface area contributed by atoms with Crippen molar-refractivity contribution < 1.29 is 9.47 Å². The molecule has 0 aliphatic carbocycles. The molecule has 0 unspecified atom stereocenters. The number of H-pyrrole nitrogens is 1. The Morgan fingerprint density at radius 2 is 1.79 bits per heavy atom. The second-order valence-electron chi connectivity index (χ2n) is 6.29. The van der Waals surface area contributed by atoms with Gasteiger partial charge in [-0.15, -0.1) is 0 Å². The highest BCUT2D eigenvalue weighted by Crippen LogP contribution is 2.30. The number of aromatic nitrogens is 2. The summed E-state index contributed by atoms with van der Waals surface area (Å²) >= 11 is 0. The number of methoxy groups -OCH3 is 2. The maximum Gasteiger partial charge on any atom is 0.259 e. The van der Waals surface area contributed by atoms with E-state index < -0.39 is 0 Å². The molecule has 3 rings (SSSR count). The smallest absolute Gasteiger partial charge is 0.259 e. The van der Waals surface area contributed by atoms with E-state index in [0.717, 1.165) is 11.3 Å². The number of hydrogen-bond acceptors (Lipinski definition) is 6. The molecule has 0 aliphatic heterocycles. The molecule has 0 bridgehead atoms. The average molecular weight is 376 g/mol. The van der Waals surface area contributed by atoms with Gasteiger partial charge < -0.3 is 19.4 Å². The summed E-state index contributed by atoms with van der Waals surface area (Å²) in [5.41, 5.74) is 2.20. The normalized spacial score (nSPS) is 11.2. The van der Waals surface area contributed by atoms with Gasteiger partial charge in [-0.1, -0.05) is 12.1 Å². The Balaban J connectivity index is 2.10. The van der Waals surface area contributed by atoms with Crippen LogP contribution in [0.5, 0.6) is 11.5 Å². The predicted octanol–water partition coefficient (Wildman–Crippen LogP) is 3.07. The molecule has 142 valence electrons. The van der Waals surface area contributed by atoms with Crippen LogP contribution in [0.2, 0.25) is 0 Å². The number of ether oxygens (including phenoxy) is 2. The molecule has 28 heavy (non-hydrogen) atoms. The third kappa shape index (κ3) is 3.67. The molecule has 2 aromatic carbocycles. The summed E-state index contributed by atoms with van der Waals surface area (Å²) in [5.74, 6) is 1.09. The number of nitriles is 1. The first kappa shape index (κ1) is 19.0.